The van der Waals surface area contributed by atoms with Crippen LogP contribution in [0.5, 0.6) is 5.75 Å². The maximum atomic E-state index is 12.9. The van der Waals surface area contributed by atoms with Crippen LogP contribution in [0.3, 0.4) is 0 Å². The van der Waals surface area contributed by atoms with E-state index in [9.17, 15) is 23.4 Å². The zero-order chi connectivity index (χ0) is 20.8. The number of phenolic OH excluding ortho intramolecular Hbond substituents is 1. The number of fused-ring (bicyclic) bond motifs is 1. The van der Waals surface area contributed by atoms with E-state index in [0.717, 1.165) is 12.5 Å². The Bertz CT molecular complexity index is 1070. The second-order valence-electron chi connectivity index (χ2n) is 7.64. The molecule has 3 aromatic rings. The van der Waals surface area contributed by atoms with Crippen molar-refractivity contribution in [2.24, 2.45) is 5.41 Å². The van der Waals surface area contributed by atoms with Crippen LogP contribution in [0.25, 0.3) is 22.2 Å². The Morgan fingerprint density at radius 1 is 1.21 bits per heavy atom. The number of hydrogen-bond acceptors (Lipinski definition) is 6. The van der Waals surface area contributed by atoms with E-state index in [0.29, 0.717) is 35.9 Å². The highest BCUT2D eigenvalue weighted by Crippen LogP contribution is 2.40. The third-order valence-electron chi connectivity index (χ3n) is 5.34. The Balaban J connectivity index is 1.81. The molecule has 2 aromatic heterocycles. The van der Waals surface area contributed by atoms with Crippen molar-refractivity contribution in [1.82, 2.24) is 15.2 Å². The van der Waals surface area contributed by atoms with Gasteiger partial charge in [0.05, 0.1) is 12.2 Å². The number of aromatic nitrogens is 3. The largest absolute Gasteiger partial charge is 0.507 e. The first kappa shape index (κ1) is 19.4. The van der Waals surface area contributed by atoms with E-state index >= 15 is 0 Å². The summed E-state index contributed by atoms with van der Waals surface area (Å²) in [5.74, 6) is 0.0222. The van der Waals surface area contributed by atoms with E-state index in [1.165, 1.54) is 6.07 Å². The number of nitrogens with zero attached hydrogens (tertiary/aromatic N) is 4. The molecule has 1 saturated heterocycles. The van der Waals surface area contributed by atoms with Gasteiger partial charge in [-0.15, -0.1) is 10.2 Å². The van der Waals surface area contributed by atoms with Gasteiger partial charge in [0.25, 0.3) is 0 Å². The summed E-state index contributed by atoms with van der Waals surface area (Å²) in [6, 6.07) is 6.21. The van der Waals surface area contributed by atoms with Gasteiger partial charge in [-0.05, 0) is 36.8 Å². The molecule has 0 spiro atoms. The number of anilines is 1. The molecule has 9 heteroatoms. The third-order valence-corrected chi connectivity index (χ3v) is 5.34. The van der Waals surface area contributed by atoms with Gasteiger partial charge in [-0.1, -0.05) is 6.92 Å². The lowest BCUT2D eigenvalue weighted by molar-refractivity contribution is -0.137. The van der Waals surface area contributed by atoms with Gasteiger partial charge in [0.1, 0.15) is 17.0 Å². The Morgan fingerprint density at radius 3 is 2.66 bits per heavy atom. The fraction of sp³-hybridized carbons (Fsp3) is 0.350. The molecule has 1 fully saturated rings. The van der Waals surface area contributed by atoms with Crippen molar-refractivity contribution in [2.75, 3.05) is 24.6 Å². The molecule has 4 rings (SSSR count). The molecular weight excluding hydrogens is 385 g/mol. The van der Waals surface area contributed by atoms with Crippen molar-refractivity contribution in [3.05, 3.63) is 42.1 Å². The fourth-order valence-corrected chi connectivity index (χ4v) is 3.63. The van der Waals surface area contributed by atoms with Crippen LogP contribution >= 0.6 is 0 Å². The summed E-state index contributed by atoms with van der Waals surface area (Å²) in [5.41, 5.74) is -0.235. The molecule has 1 aromatic carbocycles. The highest BCUT2D eigenvalue weighted by Gasteiger charge is 2.35. The molecule has 1 atom stereocenters. The standard InChI is InChI=1S/C20H19F3N4O2/c1-19(11-28)6-8-27(10-19)18-17-14(3-2-7-24-17)16(25-26-18)13-5-4-12(9-15(13)29)20(21,22)23/h2-5,7,9,28-29H,6,8,10-11H2,1H3/t19-/m0/s1. The minimum Gasteiger partial charge on any atom is -0.507 e. The van der Waals surface area contributed by atoms with Crippen LogP contribution in [-0.2, 0) is 6.18 Å². The van der Waals surface area contributed by atoms with Crippen LogP contribution in [0.15, 0.2) is 36.5 Å². The smallest absolute Gasteiger partial charge is 0.416 e. The van der Waals surface area contributed by atoms with Gasteiger partial charge >= 0.3 is 6.18 Å². The number of hydrogen-bond donors (Lipinski definition) is 2. The summed E-state index contributed by atoms with van der Waals surface area (Å²) in [4.78, 5) is 6.40. The first-order chi connectivity index (χ1) is 13.7. The maximum absolute atomic E-state index is 12.9. The lowest BCUT2D eigenvalue weighted by Gasteiger charge is -2.23. The fourth-order valence-electron chi connectivity index (χ4n) is 3.63. The summed E-state index contributed by atoms with van der Waals surface area (Å²) in [6.45, 7) is 3.32. The predicted octanol–water partition coefficient (Wildman–Crippen LogP) is 3.62. The molecule has 0 aliphatic carbocycles. The molecule has 0 radical (unpaired) electrons. The van der Waals surface area contributed by atoms with E-state index < -0.39 is 17.5 Å². The number of benzene rings is 1. The highest BCUT2D eigenvalue weighted by molar-refractivity contribution is 5.98. The Labute approximate surface area is 164 Å². The van der Waals surface area contributed by atoms with E-state index in [-0.39, 0.29) is 23.3 Å². The van der Waals surface area contributed by atoms with Crippen molar-refractivity contribution >= 4 is 16.7 Å². The molecule has 152 valence electrons. The Hall–Kier alpha value is -2.94. The number of pyridine rings is 1. The summed E-state index contributed by atoms with van der Waals surface area (Å²) >= 11 is 0. The minimum atomic E-state index is -4.55. The second-order valence-corrected chi connectivity index (χ2v) is 7.64. The lowest BCUT2D eigenvalue weighted by Crippen LogP contribution is -2.28. The van der Waals surface area contributed by atoms with Crippen LogP contribution < -0.4 is 4.90 Å². The SMILES string of the molecule is C[C@]1(CO)CCN(c2nnc(-c3ccc(C(F)(F)F)cc3O)c3cccnc23)C1. The molecule has 1 aliphatic rings. The van der Waals surface area contributed by atoms with E-state index in [1.807, 2.05) is 11.8 Å². The summed E-state index contributed by atoms with van der Waals surface area (Å²) in [7, 11) is 0. The first-order valence-electron chi connectivity index (χ1n) is 9.10. The zero-order valence-corrected chi connectivity index (χ0v) is 15.6. The number of aliphatic hydroxyl groups excluding tert-OH is 1. The monoisotopic (exact) mass is 404 g/mol. The normalized spacial score (nSPS) is 19.8. The number of halogens is 3. The van der Waals surface area contributed by atoms with Crippen molar-refractivity contribution in [1.29, 1.82) is 0 Å². The van der Waals surface area contributed by atoms with Gasteiger partial charge in [-0.3, -0.25) is 4.98 Å². The summed E-state index contributed by atoms with van der Waals surface area (Å²) in [5, 5.41) is 28.9. The van der Waals surface area contributed by atoms with Crippen molar-refractivity contribution in [3.63, 3.8) is 0 Å². The lowest BCUT2D eigenvalue weighted by atomic mass is 9.91. The van der Waals surface area contributed by atoms with Crippen molar-refractivity contribution in [2.45, 2.75) is 19.5 Å². The van der Waals surface area contributed by atoms with Crippen LogP contribution in [0.1, 0.15) is 18.9 Å². The highest BCUT2D eigenvalue weighted by atomic mass is 19.4. The van der Waals surface area contributed by atoms with Crippen LogP contribution in [0, 0.1) is 5.41 Å². The Kier molecular flexibility index (Phi) is 4.57. The quantitative estimate of drug-likeness (QED) is 0.694. The van der Waals surface area contributed by atoms with Gasteiger partial charge in [0, 0.05) is 35.7 Å². The average molecular weight is 404 g/mol. The molecule has 0 unspecified atom stereocenters. The zero-order valence-electron chi connectivity index (χ0n) is 15.6. The number of phenols is 1. The number of rotatable bonds is 3. The van der Waals surface area contributed by atoms with E-state index in [1.54, 1.807) is 18.3 Å². The first-order valence-corrected chi connectivity index (χ1v) is 9.10. The molecule has 0 bridgehead atoms. The van der Waals surface area contributed by atoms with Gasteiger partial charge in [0.2, 0.25) is 0 Å². The average Bonchev–Trinajstić information content (AvgIpc) is 3.09. The third kappa shape index (κ3) is 3.46. The number of alkyl halides is 3. The van der Waals surface area contributed by atoms with Crippen LogP contribution in [-0.4, -0.2) is 45.1 Å². The van der Waals surface area contributed by atoms with E-state index in [4.69, 9.17) is 0 Å². The van der Waals surface area contributed by atoms with Gasteiger partial charge in [0.15, 0.2) is 5.82 Å². The summed E-state index contributed by atoms with van der Waals surface area (Å²) < 4.78 is 38.7. The number of aromatic hydroxyl groups is 1. The van der Waals surface area contributed by atoms with Crippen molar-refractivity contribution < 1.29 is 23.4 Å². The summed E-state index contributed by atoms with van der Waals surface area (Å²) in [6.07, 6.45) is -2.16. The second kappa shape index (κ2) is 6.84. The van der Waals surface area contributed by atoms with Gasteiger partial charge in [-0.25, -0.2) is 0 Å². The topological polar surface area (TPSA) is 82.4 Å². The number of aliphatic hydroxyl groups is 1. The molecular formula is C20H19F3N4O2. The van der Waals surface area contributed by atoms with Crippen molar-refractivity contribution in [3.8, 4) is 17.0 Å². The minimum absolute atomic E-state index is 0.0554. The molecule has 0 saturated carbocycles. The molecule has 29 heavy (non-hydrogen) atoms. The molecule has 1 aliphatic heterocycles. The Morgan fingerprint density at radius 2 is 2.00 bits per heavy atom. The van der Waals surface area contributed by atoms with Gasteiger partial charge in [-0.2, -0.15) is 13.2 Å². The molecule has 0 amide bonds. The maximum Gasteiger partial charge on any atom is 0.416 e. The van der Waals surface area contributed by atoms with Gasteiger partial charge < -0.3 is 15.1 Å². The molecule has 6 nitrogen and oxygen atoms in total. The van der Waals surface area contributed by atoms with E-state index in [2.05, 4.69) is 15.2 Å². The molecule has 2 N–H and O–H groups in total. The predicted molar refractivity (Wildman–Crippen MR) is 101 cm³/mol. The van der Waals surface area contributed by atoms with Crippen LogP contribution in [0.4, 0.5) is 19.0 Å². The molecule has 3 heterocycles. The van der Waals surface area contributed by atoms with Crippen LogP contribution in [0.2, 0.25) is 0 Å².